The lowest BCUT2D eigenvalue weighted by Gasteiger charge is -2.16. The highest BCUT2D eigenvalue weighted by molar-refractivity contribution is 6.46. The van der Waals surface area contributed by atoms with Gasteiger partial charge in [-0.25, -0.2) is 4.90 Å². The van der Waals surface area contributed by atoms with Crippen molar-refractivity contribution in [1.29, 1.82) is 0 Å². The second-order valence-electron chi connectivity index (χ2n) is 7.20. The molecule has 0 aromatic heterocycles. The van der Waals surface area contributed by atoms with E-state index in [9.17, 15) is 9.59 Å². The summed E-state index contributed by atoms with van der Waals surface area (Å²) in [6, 6.07) is 19.2. The monoisotopic (exact) mass is 466 g/mol. The summed E-state index contributed by atoms with van der Waals surface area (Å²) >= 11 is 12.3. The van der Waals surface area contributed by atoms with Gasteiger partial charge >= 0.3 is 0 Å². The quantitative estimate of drug-likeness (QED) is 0.455. The van der Waals surface area contributed by atoms with Crippen LogP contribution < -0.4 is 15.0 Å². The molecule has 32 heavy (non-hydrogen) atoms. The van der Waals surface area contributed by atoms with Crippen molar-refractivity contribution >= 4 is 52.0 Å². The Balaban J connectivity index is 1.78. The van der Waals surface area contributed by atoms with Crippen LogP contribution in [0.1, 0.15) is 18.1 Å². The average Bonchev–Trinajstić information content (AvgIpc) is 3.04. The predicted octanol–water partition coefficient (Wildman–Crippen LogP) is 5.96. The molecule has 0 spiro atoms. The highest BCUT2D eigenvalue weighted by Crippen LogP contribution is 2.35. The molecule has 1 aliphatic rings. The minimum Gasteiger partial charge on any atom is -0.495 e. The molecule has 5 nitrogen and oxygen atoms in total. The van der Waals surface area contributed by atoms with Gasteiger partial charge in [-0.15, -0.1) is 0 Å². The fraction of sp³-hybridized carbons (Fsp3) is 0.120. The smallest absolute Gasteiger partial charge is 0.282 e. The molecule has 0 bridgehead atoms. The second kappa shape index (κ2) is 9.07. The van der Waals surface area contributed by atoms with Crippen molar-refractivity contribution in [2.75, 3.05) is 17.3 Å². The minimum absolute atomic E-state index is 0.165. The van der Waals surface area contributed by atoms with E-state index < -0.39 is 11.8 Å². The van der Waals surface area contributed by atoms with E-state index in [0.717, 1.165) is 12.0 Å². The zero-order chi connectivity index (χ0) is 22.8. The molecule has 2 amide bonds. The molecule has 1 N–H and O–H groups in total. The van der Waals surface area contributed by atoms with E-state index in [-0.39, 0.29) is 11.3 Å². The number of hydrogen-bond acceptors (Lipinski definition) is 4. The highest BCUT2D eigenvalue weighted by atomic mass is 35.5. The van der Waals surface area contributed by atoms with Gasteiger partial charge in [-0.3, -0.25) is 9.59 Å². The van der Waals surface area contributed by atoms with Crippen molar-refractivity contribution < 1.29 is 14.3 Å². The zero-order valence-electron chi connectivity index (χ0n) is 17.5. The first-order valence-corrected chi connectivity index (χ1v) is 10.8. The molecular formula is C25H20Cl2N2O3. The van der Waals surface area contributed by atoms with Gasteiger partial charge in [0.2, 0.25) is 0 Å². The average molecular weight is 467 g/mol. The Morgan fingerprint density at radius 2 is 1.59 bits per heavy atom. The Hall–Kier alpha value is -3.28. The number of rotatable bonds is 6. The molecule has 0 fully saturated rings. The van der Waals surface area contributed by atoms with Crippen LogP contribution in [-0.4, -0.2) is 18.9 Å². The van der Waals surface area contributed by atoms with Gasteiger partial charge in [0.15, 0.2) is 0 Å². The van der Waals surface area contributed by atoms with Crippen LogP contribution in [0.3, 0.4) is 0 Å². The maximum Gasteiger partial charge on any atom is 0.282 e. The van der Waals surface area contributed by atoms with E-state index in [1.165, 1.54) is 12.0 Å². The van der Waals surface area contributed by atoms with Gasteiger partial charge in [0, 0.05) is 10.7 Å². The van der Waals surface area contributed by atoms with Crippen LogP contribution in [0.15, 0.2) is 72.4 Å². The zero-order valence-corrected chi connectivity index (χ0v) is 19.0. The summed E-state index contributed by atoms with van der Waals surface area (Å²) in [4.78, 5) is 28.1. The number of nitrogens with one attached hydrogen (secondary N) is 1. The van der Waals surface area contributed by atoms with Crippen molar-refractivity contribution in [3.8, 4) is 5.75 Å². The van der Waals surface area contributed by atoms with Crippen molar-refractivity contribution in [2.24, 2.45) is 0 Å². The maximum atomic E-state index is 13.5. The van der Waals surface area contributed by atoms with Gasteiger partial charge in [0.05, 0.1) is 23.4 Å². The number of carbonyl (C=O) groups is 2. The molecule has 4 rings (SSSR count). The Morgan fingerprint density at radius 3 is 2.19 bits per heavy atom. The number of carbonyl (C=O) groups excluding carboxylic acids is 2. The van der Waals surface area contributed by atoms with Gasteiger partial charge in [-0.05, 0) is 60.0 Å². The summed E-state index contributed by atoms with van der Waals surface area (Å²) in [7, 11) is 1.52. The largest absolute Gasteiger partial charge is 0.495 e. The molecule has 3 aromatic rings. The van der Waals surface area contributed by atoms with E-state index in [1.807, 2.05) is 19.1 Å². The molecule has 162 valence electrons. The Kier molecular flexibility index (Phi) is 6.21. The number of nitrogens with zero attached hydrogens (tertiary/aromatic N) is 1. The first kappa shape index (κ1) is 21.9. The molecule has 7 heteroatoms. The van der Waals surface area contributed by atoms with E-state index in [1.54, 1.807) is 54.6 Å². The number of halogens is 2. The molecule has 1 heterocycles. The summed E-state index contributed by atoms with van der Waals surface area (Å²) in [5.74, 6) is -0.351. The summed E-state index contributed by atoms with van der Waals surface area (Å²) in [6.07, 6.45) is 0.863. The van der Waals surface area contributed by atoms with Crippen LogP contribution in [0.25, 0.3) is 5.57 Å². The fourth-order valence-electron chi connectivity index (χ4n) is 3.53. The topological polar surface area (TPSA) is 58.6 Å². The first-order valence-electron chi connectivity index (χ1n) is 10.0. The van der Waals surface area contributed by atoms with E-state index in [4.69, 9.17) is 27.9 Å². The molecule has 3 aromatic carbocycles. The third-order valence-corrected chi connectivity index (χ3v) is 5.79. The third kappa shape index (κ3) is 4.09. The molecule has 0 atom stereocenters. The summed E-state index contributed by atoms with van der Waals surface area (Å²) < 4.78 is 5.19. The third-order valence-electron chi connectivity index (χ3n) is 5.24. The van der Waals surface area contributed by atoms with Crippen LogP contribution in [-0.2, 0) is 16.0 Å². The Labute approximate surface area is 196 Å². The van der Waals surface area contributed by atoms with E-state index >= 15 is 0 Å². The van der Waals surface area contributed by atoms with Crippen LogP contribution in [0.2, 0.25) is 10.0 Å². The number of imide groups is 1. The van der Waals surface area contributed by atoms with Crippen LogP contribution in [0, 0.1) is 0 Å². The van der Waals surface area contributed by atoms with Gasteiger partial charge in [-0.1, -0.05) is 54.4 Å². The fourth-order valence-corrected chi connectivity index (χ4v) is 3.92. The van der Waals surface area contributed by atoms with Crippen LogP contribution >= 0.6 is 23.2 Å². The molecule has 0 radical (unpaired) electrons. The molecule has 0 aliphatic carbocycles. The number of anilines is 2. The van der Waals surface area contributed by atoms with Gasteiger partial charge in [0.25, 0.3) is 11.8 Å². The first-order chi connectivity index (χ1) is 15.4. The molecule has 0 unspecified atom stereocenters. The lowest BCUT2D eigenvalue weighted by molar-refractivity contribution is -0.120. The van der Waals surface area contributed by atoms with Crippen molar-refractivity contribution in [2.45, 2.75) is 13.3 Å². The molecule has 1 aliphatic heterocycles. The number of benzene rings is 3. The number of ether oxygens (including phenoxy) is 1. The van der Waals surface area contributed by atoms with Crippen molar-refractivity contribution in [3.05, 3.63) is 93.6 Å². The van der Waals surface area contributed by atoms with Gasteiger partial charge in [-0.2, -0.15) is 0 Å². The Morgan fingerprint density at radius 1 is 0.906 bits per heavy atom. The summed E-state index contributed by atoms with van der Waals surface area (Å²) in [6.45, 7) is 2.05. The maximum absolute atomic E-state index is 13.5. The lowest BCUT2D eigenvalue weighted by atomic mass is 10.0. The number of hydrogen-bond donors (Lipinski definition) is 1. The predicted molar refractivity (Wildman–Crippen MR) is 128 cm³/mol. The molecule has 0 saturated heterocycles. The van der Waals surface area contributed by atoms with Gasteiger partial charge < -0.3 is 10.1 Å². The lowest BCUT2D eigenvalue weighted by Crippen LogP contribution is -2.32. The van der Waals surface area contributed by atoms with Gasteiger partial charge in [0.1, 0.15) is 11.4 Å². The number of amides is 2. The van der Waals surface area contributed by atoms with E-state index in [2.05, 4.69) is 5.32 Å². The van der Waals surface area contributed by atoms with Crippen molar-refractivity contribution in [3.63, 3.8) is 0 Å². The van der Waals surface area contributed by atoms with Crippen LogP contribution in [0.5, 0.6) is 5.75 Å². The second-order valence-corrected chi connectivity index (χ2v) is 8.04. The Bertz CT molecular complexity index is 1220. The highest BCUT2D eigenvalue weighted by Gasteiger charge is 2.40. The van der Waals surface area contributed by atoms with Crippen molar-refractivity contribution in [1.82, 2.24) is 0 Å². The standard InChI is InChI=1S/C25H20Cl2N2O3/c1-3-15-4-11-19(12-5-15)29-24(30)22(16-6-8-17(26)9-7-16)23(25(29)31)28-18-10-13-21(32-2)20(27)14-18/h4-14,28H,3H2,1-2H3. The molecular weight excluding hydrogens is 447 g/mol. The van der Waals surface area contributed by atoms with E-state index in [0.29, 0.717) is 32.7 Å². The SMILES string of the molecule is CCc1ccc(N2C(=O)C(Nc3ccc(OC)c(Cl)c3)=C(c3ccc(Cl)cc3)C2=O)cc1. The van der Waals surface area contributed by atoms with Crippen LogP contribution in [0.4, 0.5) is 11.4 Å². The number of aryl methyl sites for hydroxylation is 1. The summed E-state index contributed by atoms with van der Waals surface area (Å²) in [5, 5.41) is 4.01. The molecule has 0 saturated carbocycles. The normalized spacial score (nSPS) is 13.7. The minimum atomic E-state index is -0.448. The summed E-state index contributed by atoms with van der Waals surface area (Å²) in [5.41, 5.74) is 3.19. The number of methoxy groups -OCH3 is 1.